The lowest BCUT2D eigenvalue weighted by atomic mass is 9.98. The number of hydrogen-bond acceptors (Lipinski definition) is 1. The highest BCUT2D eigenvalue weighted by Crippen LogP contribution is 2.12. The van der Waals surface area contributed by atoms with Crippen LogP contribution in [0.1, 0.15) is 37.5 Å². The molecule has 0 aromatic heterocycles. The molecule has 0 radical (unpaired) electrons. The number of hydrogen-bond donors (Lipinski definition) is 0. The fraction of sp³-hybridized carbons (Fsp3) is 0.280. The van der Waals surface area contributed by atoms with Crippen molar-refractivity contribution in [2.24, 2.45) is 5.41 Å². The molecule has 0 saturated heterocycles. The lowest BCUT2D eigenvalue weighted by Gasteiger charge is -2.14. The second-order valence-corrected chi connectivity index (χ2v) is 7.61. The highest BCUT2D eigenvalue weighted by atomic mass is 15.1. The van der Waals surface area contributed by atoms with Crippen molar-refractivity contribution in [1.82, 2.24) is 4.90 Å². The lowest BCUT2D eigenvalue weighted by Crippen LogP contribution is -2.17. The third kappa shape index (κ3) is 8.01. The third-order valence-corrected chi connectivity index (χ3v) is 3.74. The van der Waals surface area contributed by atoms with Gasteiger partial charge >= 0.3 is 0 Å². The van der Waals surface area contributed by atoms with Crippen molar-refractivity contribution in [2.45, 2.75) is 27.3 Å². The van der Waals surface area contributed by atoms with Crippen molar-refractivity contribution in [1.29, 1.82) is 0 Å². The maximum atomic E-state index is 3.22. The van der Waals surface area contributed by atoms with Crippen molar-refractivity contribution in [3.8, 4) is 11.8 Å². The van der Waals surface area contributed by atoms with Crippen molar-refractivity contribution < 1.29 is 0 Å². The van der Waals surface area contributed by atoms with Gasteiger partial charge in [0.25, 0.3) is 0 Å². The Kier molecular flexibility index (Phi) is 7.45. The fourth-order valence-corrected chi connectivity index (χ4v) is 2.48. The summed E-state index contributed by atoms with van der Waals surface area (Å²) >= 11 is 0. The predicted octanol–water partition coefficient (Wildman–Crippen LogP) is 5.89. The first-order valence-corrected chi connectivity index (χ1v) is 9.11. The van der Waals surface area contributed by atoms with Crippen LogP contribution >= 0.6 is 0 Å². The van der Waals surface area contributed by atoms with E-state index < -0.39 is 0 Å². The van der Waals surface area contributed by atoms with Crippen molar-refractivity contribution in [2.75, 3.05) is 13.6 Å². The molecule has 0 N–H and O–H groups in total. The van der Waals surface area contributed by atoms with E-state index in [0.29, 0.717) is 0 Å². The Morgan fingerprint density at radius 1 is 0.923 bits per heavy atom. The summed E-state index contributed by atoms with van der Waals surface area (Å²) in [6, 6.07) is 19.1. The molecule has 0 spiro atoms. The quantitative estimate of drug-likeness (QED) is 0.466. The van der Waals surface area contributed by atoms with Crippen LogP contribution in [0.4, 0.5) is 0 Å². The molecular formula is C25H29N. The van der Waals surface area contributed by atoms with Gasteiger partial charge in [0.2, 0.25) is 0 Å². The normalized spacial score (nSPS) is 11.9. The maximum Gasteiger partial charge on any atom is 0.0234 e. The van der Waals surface area contributed by atoms with Gasteiger partial charge in [0.15, 0.2) is 0 Å². The van der Waals surface area contributed by atoms with Gasteiger partial charge in [-0.25, -0.2) is 0 Å². The van der Waals surface area contributed by atoms with Crippen molar-refractivity contribution in [3.05, 3.63) is 83.4 Å². The SMILES string of the molecule is CN(CC=CC#CC(C)(C)C)Cc1cccc(C=Cc2ccccc2)c1. The summed E-state index contributed by atoms with van der Waals surface area (Å²) in [4.78, 5) is 2.29. The van der Waals surface area contributed by atoms with Gasteiger partial charge in [-0.3, -0.25) is 4.90 Å². The lowest BCUT2D eigenvalue weighted by molar-refractivity contribution is 0.363. The Hall–Kier alpha value is -2.56. The molecule has 26 heavy (non-hydrogen) atoms. The van der Waals surface area contributed by atoms with Gasteiger partial charge in [-0.1, -0.05) is 84.7 Å². The van der Waals surface area contributed by atoms with E-state index in [1.807, 2.05) is 12.1 Å². The Balaban J connectivity index is 1.90. The first-order valence-electron chi connectivity index (χ1n) is 9.11. The summed E-state index contributed by atoms with van der Waals surface area (Å²) in [7, 11) is 2.13. The molecule has 1 nitrogen and oxygen atoms in total. The van der Waals surface area contributed by atoms with Crippen LogP contribution in [0.25, 0.3) is 12.2 Å². The standard InChI is InChI=1S/C25H29N/c1-25(2,3)18-9-6-10-19-26(4)21-24-15-11-14-23(20-24)17-16-22-12-7-5-8-13-22/h5-8,10-17,20H,19,21H2,1-4H3. The summed E-state index contributed by atoms with van der Waals surface area (Å²) in [5, 5.41) is 0. The van der Waals surface area contributed by atoms with Crippen LogP contribution in [0, 0.1) is 17.3 Å². The second kappa shape index (κ2) is 9.80. The molecule has 0 heterocycles. The molecule has 2 aromatic carbocycles. The zero-order valence-corrected chi connectivity index (χ0v) is 16.4. The monoisotopic (exact) mass is 343 g/mol. The average Bonchev–Trinajstić information content (AvgIpc) is 2.60. The predicted molar refractivity (Wildman–Crippen MR) is 115 cm³/mol. The first-order chi connectivity index (χ1) is 12.4. The molecule has 2 rings (SSSR count). The summed E-state index contributed by atoms with van der Waals surface area (Å²) < 4.78 is 0. The van der Waals surface area contributed by atoms with E-state index in [2.05, 4.69) is 111 Å². The van der Waals surface area contributed by atoms with E-state index in [0.717, 1.165) is 13.1 Å². The van der Waals surface area contributed by atoms with Crippen LogP contribution in [0.5, 0.6) is 0 Å². The second-order valence-electron chi connectivity index (χ2n) is 7.61. The van der Waals surface area contributed by atoms with Gasteiger partial charge in [0, 0.05) is 18.5 Å². The number of benzene rings is 2. The molecule has 0 fully saturated rings. The van der Waals surface area contributed by atoms with Crippen LogP contribution in [0.3, 0.4) is 0 Å². The minimum absolute atomic E-state index is 0.0595. The minimum Gasteiger partial charge on any atom is -0.298 e. The van der Waals surface area contributed by atoms with Gasteiger partial charge in [0.1, 0.15) is 0 Å². The average molecular weight is 344 g/mol. The molecule has 0 aliphatic carbocycles. The highest BCUT2D eigenvalue weighted by molar-refractivity contribution is 5.69. The number of likely N-dealkylation sites (N-methyl/N-ethyl adjacent to an activating group) is 1. The smallest absolute Gasteiger partial charge is 0.0234 e. The molecule has 1 heteroatoms. The first kappa shape index (κ1) is 19.8. The third-order valence-electron chi connectivity index (χ3n) is 3.74. The highest BCUT2D eigenvalue weighted by Gasteiger charge is 2.02. The Morgan fingerprint density at radius 2 is 1.62 bits per heavy atom. The minimum atomic E-state index is 0.0595. The molecule has 0 amide bonds. The van der Waals surface area contributed by atoms with Gasteiger partial charge in [-0.05, 0) is 50.6 Å². The number of rotatable bonds is 6. The summed E-state index contributed by atoms with van der Waals surface area (Å²) in [6.07, 6.45) is 8.40. The van der Waals surface area contributed by atoms with Crippen molar-refractivity contribution in [3.63, 3.8) is 0 Å². The molecule has 0 saturated carbocycles. The molecule has 2 aromatic rings. The Labute approximate surface area is 159 Å². The zero-order chi connectivity index (χ0) is 18.8. The van der Waals surface area contributed by atoms with Crippen LogP contribution in [0.15, 0.2) is 66.7 Å². The van der Waals surface area contributed by atoms with Crippen molar-refractivity contribution >= 4 is 12.2 Å². The zero-order valence-electron chi connectivity index (χ0n) is 16.4. The molecular weight excluding hydrogens is 314 g/mol. The maximum absolute atomic E-state index is 3.22. The molecule has 134 valence electrons. The van der Waals surface area contributed by atoms with E-state index in [1.165, 1.54) is 16.7 Å². The summed E-state index contributed by atoms with van der Waals surface area (Å²) in [5.74, 6) is 6.34. The van der Waals surface area contributed by atoms with Crippen LogP contribution < -0.4 is 0 Å². The Bertz CT molecular complexity index is 795. The molecule has 0 aliphatic heterocycles. The number of allylic oxidation sites excluding steroid dienone is 1. The van der Waals surface area contributed by atoms with E-state index in [9.17, 15) is 0 Å². The topological polar surface area (TPSA) is 3.24 Å². The molecule has 0 unspecified atom stereocenters. The molecule has 0 aliphatic rings. The molecule has 0 bridgehead atoms. The number of nitrogens with zero attached hydrogens (tertiary/aromatic N) is 1. The van der Waals surface area contributed by atoms with E-state index >= 15 is 0 Å². The largest absolute Gasteiger partial charge is 0.298 e. The van der Waals surface area contributed by atoms with E-state index in [-0.39, 0.29) is 5.41 Å². The summed E-state index contributed by atoms with van der Waals surface area (Å²) in [6.45, 7) is 8.19. The van der Waals surface area contributed by atoms with Crippen LogP contribution in [-0.2, 0) is 6.54 Å². The van der Waals surface area contributed by atoms with Gasteiger partial charge < -0.3 is 0 Å². The van der Waals surface area contributed by atoms with Gasteiger partial charge in [-0.15, -0.1) is 0 Å². The fourth-order valence-electron chi connectivity index (χ4n) is 2.48. The van der Waals surface area contributed by atoms with Crippen LogP contribution in [-0.4, -0.2) is 18.5 Å². The Morgan fingerprint density at radius 3 is 2.35 bits per heavy atom. The van der Waals surface area contributed by atoms with Gasteiger partial charge in [-0.2, -0.15) is 0 Å². The van der Waals surface area contributed by atoms with Crippen LogP contribution in [0.2, 0.25) is 0 Å². The molecule has 0 atom stereocenters. The van der Waals surface area contributed by atoms with E-state index in [4.69, 9.17) is 0 Å². The van der Waals surface area contributed by atoms with E-state index in [1.54, 1.807) is 0 Å². The summed E-state index contributed by atoms with van der Waals surface area (Å²) in [5.41, 5.74) is 3.82. The van der Waals surface area contributed by atoms with Gasteiger partial charge in [0.05, 0.1) is 0 Å².